The smallest absolute Gasteiger partial charge is 0.123 e. The van der Waals surface area contributed by atoms with Gasteiger partial charge < -0.3 is 15.0 Å². The van der Waals surface area contributed by atoms with E-state index in [1.54, 1.807) is 0 Å². The Labute approximate surface area is 101 Å². The normalized spacial score (nSPS) is 11.2. The molecule has 92 valence electrons. The van der Waals surface area contributed by atoms with Gasteiger partial charge in [-0.2, -0.15) is 0 Å². The summed E-state index contributed by atoms with van der Waals surface area (Å²) < 4.78 is 2.12. The van der Waals surface area contributed by atoms with Crippen molar-refractivity contribution in [1.82, 2.24) is 14.9 Å². The molecule has 0 aliphatic carbocycles. The number of nitrogens with one attached hydrogen (secondary N) is 1. The Hall–Kier alpha value is -1.39. The largest absolute Gasteiger partial charge is 0.396 e. The molecule has 17 heavy (non-hydrogen) atoms. The molecule has 0 aliphatic heterocycles. The van der Waals surface area contributed by atoms with Gasteiger partial charge in [0.15, 0.2) is 0 Å². The molecule has 1 aromatic carbocycles. The molecule has 1 aromatic heterocycles. The highest BCUT2D eigenvalue weighted by atomic mass is 16.2. The molecule has 0 saturated carbocycles. The summed E-state index contributed by atoms with van der Waals surface area (Å²) >= 11 is 0. The van der Waals surface area contributed by atoms with E-state index in [0.29, 0.717) is 0 Å². The first-order chi connectivity index (χ1) is 8.33. The number of aliphatic hydroxyl groups excluding tert-OH is 1. The molecule has 1 heterocycles. The van der Waals surface area contributed by atoms with Gasteiger partial charge in [0.1, 0.15) is 5.82 Å². The number of unbranched alkanes of at least 4 members (excludes halogenated alkanes) is 1. The van der Waals surface area contributed by atoms with Crippen LogP contribution in [0.1, 0.15) is 18.7 Å². The summed E-state index contributed by atoms with van der Waals surface area (Å²) in [5.74, 6) is 1.05. The Balaban J connectivity index is 1.97. The molecular formula is C13H19N3O. The number of hydrogen-bond acceptors (Lipinski definition) is 3. The van der Waals surface area contributed by atoms with Crippen LogP contribution in [0.25, 0.3) is 11.0 Å². The van der Waals surface area contributed by atoms with Crippen molar-refractivity contribution in [3.8, 4) is 0 Å². The lowest BCUT2D eigenvalue weighted by atomic mass is 10.3. The van der Waals surface area contributed by atoms with Gasteiger partial charge in [-0.25, -0.2) is 4.98 Å². The third-order valence-electron chi connectivity index (χ3n) is 2.92. The Kier molecular flexibility index (Phi) is 4.12. The van der Waals surface area contributed by atoms with Gasteiger partial charge in [0, 0.05) is 13.7 Å². The number of fused-ring (bicyclic) bond motifs is 1. The molecular weight excluding hydrogens is 214 g/mol. The van der Waals surface area contributed by atoms with Gasteiger partial charge in [-0.1, -0.05) is 12.1 Å². The number of imidazole rings is 1. The topological polar surface area (TPSA) is 50.1 Å². The zero-order valence-electron chi connectivity index (χ0n) is 10.2. The zero-order valence-corrected chi connectivity index (χ0v) is 10.2. The fourth-order valence-electron chi connectivity index (χ4n) is 1.92. The molecule has 0 fully saturated rings. The van der Waals surface area contributed by atoms with E-state index in [1.807, 2.05) is 25.2 Å². The van der Waals surface area contributed by atoms with Crippen molar-refractivity contribution in [2.24, 2.45) is 7.05 Å². The molecule has 4 nitrogen and oxygen atoms in total. The highest BCUT2D eigenvalue weighted by molar-refractivity contribution is 5.75. The number of para-hydroxylation sites is 2. The third kappa shape index (κ3) is 2.84. The van der Waals surface area contributed by atoms with E-state index in [2.05, 4.69) is 20.9 Å². The summed E-state index contributed by atoms with van der Waals surface area (Å²) in [7, 11) is 2.04. The average molecular weight is 233 g/mol. The van der Waals surface area contributed by atoms with E-state index in [1.165, 1.54) is 5.52 Å². The minimum atomic E-state index is 0.272. The van der Waals surface area contributed by atoms with Crippen LogP contribution in [-0.2, 0) is 13.6 Å². The Bertz CT molecular complexity index is 478. The summed E-state index contributed by atoms with van der Waals surface area (Å²) in [6.45, 7) is 1.97. The predicted molar refractivity (Wildman–Crippen MR) is 68.7 cm³/mol. The van der Waals surface area contributed by atoms with Crippen LogP contribution in [0.3, 0.4) is 0 Å². The summed E-state index contributed by atoms with van der Waals surface area (Å²) in [6, 6.07) is 8.15. The van der Waals surface area contributed by atoms with E-state index < -0.39 is 0 Å². The van der Waals surface area contributed by atoms with Gasteiger partial charge in [0.25, 0.3) is 0 Å². The first-order valence-electron chi connectivity index (χ1n) is 6.05. The minimum Gasteiger partial charge on any atom is -0.396 e. The first kappa shape index (κ1) is 12.1. The lowest BCUT2D eigenvalue weighted by molar-refractivity contribution is 0.283. The molecule has 2 N–H and O–H groups in total. The first-order valence-corrected chi connectivity index (χ1v) is 6.05. The number of rotatable bonds is 6. The summed E-state index contributed by atoms with van der Waals surface area (Å²) in [5.41, 5.74) is 2.21. The molecule has 0 saturated heterocycles. The molecule has 2 aromatic rings. The Morgan fingerprint density at radius 3 is 2.88 bits per heavy atom. The van der Waals surface area contributed by atoms with E-state index in [0.717, 1.165) is 37.3 Å². The molecule has 0 spiro atoms. The van der Waals surface area contributed by atoms with Gasteiger partial charge in [0.05, 0.1) is 17.6 Å². The monoisotopic (exact) mass is 233 g/mol. The van der Waals surface area contributed by atoms with Crippen LogP contribution in [0.15, 0.2) is 24.3 Å². The number of aromatic nitrogens is 2. The van der Waals surface area contributed by atoms with Gasteiger partial charge in [-0.3, -0.25) is 0 Å². The SMILES string of the molecule is Cn1c(CNCCCCO)nc2ccccc21. The summed E-state index contributed by atoms with van der Waals surface area (Å²) in [5, 5.41) is 12.0. The fourth-order valence-corrected chi connectivity index (χ4v) is 1.92. The van der Waals surface area contributed by atoms with E-state index in [9.17, 15) is 0 Å². The van der Waals surface area contributed by atoms with Gasteiger partial charge in [0.2, 0.25) is 0 Å². The zero-order chi connectivity index (χ0) is 12.1. The Morgan fingerprint density at radius 2 is 2.12 bits per heavy atom. The van der Waals surface area contributed by atoms with Gasteiger partial charge in [-0.05, 0) is 31.5 Å². The van der Waals surface area contributed by atoms with E-state index in [4.69, 9.17) is 5.11 Å². The van der Waals surface area contributed by atoms with Crippen LogP contribution in [0.5, 0.6) is 0 Å². The highest BCUT2D eigenvalue weighted by Crippen LogP contribution is 2.13. The lowest BCUT2D eigenvalue weighted by Crippen LogP contribution is -2.17. The van der Waals surface area contributed by atoms with Crippen LogP contribution in [0, 0.1) is 0 Å². The summed E-state index contributed by atoms with van der Waals surface area (Å²) in [4.78, 5) is 4.58. The summed E-state index contributed by atoms with van der Waals surface area (Å²) in [6.07, 6.45) is 1.86. The average Bonchev–Trinajstić information content (AvgIpc) is 2.67. The fraction of sp³-hybridized carbons (Fsp3) is 0.462. The third-order valence-corrected chi connectivity index (χ3v) is 2.92. The number of aryl methyl sites for hydroxylation is 1. The number of nitrogens with zero attached hydrogens (tertiary/aromatic N) is 2. The molecule has 0 unspecified atom stereocenters. The highest BCUT2D eigenvalue weighted by Gasteiger charge is 2.05. The van der Waals surface area contributed by atoms with Crippen LogP contribution < -0.4 is 5.32 Å². The van der Waals surface area contributed by atoms with E-state index >= 15 is 0 Å². The van der Waals surface area contributed by atoms with Crippen molar-refractivity contribution in [3.63, 3.8) is 0 Å². The predicted octanol–water partition coefficient (Wildman–Crippen LogP) is 1.44. The minimum absolute atomic E-state index is 0.272. The molecule has 0 aliphatic rings. The molecule has 0 radical (unpaired) electrons. The maximum absolute atomic E-state index is 8.68. The molecule has 0 amide bonds. The molecule has 4 heteroatoms. The lowest BCUT2D eigenvalue weighted by Gasteiger charge is -2.04. The molecule has 0 bridgehead atoms. The number of hydrogen-bond donors (Lipinski definition) is 2. The van der Waals surface area contributed by atoms with Gasteiger partial charge >= 0.3 is 0 Å². The number of aliphatic hydroxyl groups is 1. The second-order valence-electron chi connectivity index (χ2n) is 4.18. The van der Waals surface area contributed by atoms with Crippen molar-refractivity contribution >= 4 is 11.0 Å². The van der Waals surface area contributed by atoms with Crippen LogP contribution in [0.2, 0.25) is 0 Å². The Morgan fingerprint density at radius 1 is 1.29 bits per heavy atom. The van der Waals surface area contributed by atoms with Crippen molar-refractivity contribution in [2.75, 3.05) is 13.2 Å². The number of benzene rings is 1. The van der Waals surface area contributed by atoms with Crippen molar-refractivity contribution in [2.45, 2.75) is 19.4 Å². The van der Waals surface area contributed by atoms with Crippen LogP contribution >= 0.6 is 0 Å². The molecule has 0 atom stereocenters. The van der Waals surface area contributed by atoms with Crippen molar-refractivity contribution in [1.29, 1.82) is 0 Å². The quantitative estimate of drug-likeness (QED) is 0.742. The molecule has 2 rings (SSSR count). The second kappa shape index (κ2) is 5.80. The van der Waals surface area contributed by atoms with Crippen molar-refractivity contribution < 1.29 is 5.11 Å². The van der Waals surface area contributed by atoms with Crippen molar-refractivity contribution in [3.05, 3.63) is 30.1 Å². The van der Waals surface area contributed by atoms with Crippen LogP contribution in [-0.4, -0.2) is 27.8 Å². The standard InChI is InChI=1S/C13H19N3O/c1-16-12-7-3-2-6-11(12)15-13(16)10-14-8-4-5-9-17/h2-3,6-7,14,17H,4-5,8-10H2,1H3. The second-order valence-corrected chi connectivity index (χ2v) is 4.18. The maximum Gasteiger partial charge on any atom is 0.123 e. The van der Waals surface area contributed by atoms with E-state index in [-0.39, 0.29) is 6.61 Å². The van der Waals surface area contributed by atoms with Gasteiger partial charge in [-0.15, -0.1) is 0 Å². The van der Waals surface area contributed by atoms with Crippen LogP contribution in [0.4, 0.5) is 0 Å². The maximum atomic E-state index is 8.68.